The molecule has 2 aromatic rings. The fourth-order valence-corrected chi connectivity index (χ4v) is 2.82. The van der Waals surface area contributed by atoms with Gasteiger partial charge in [0.1, 0.15) is 0 Å². The molecule has 148 valence electrons. The molecule has 8 heteroatoms. The van der Waals surface area contributed by atoms with Gasteiger partial charge in [-0.25, -0.2) is 9.69 Å². The zero-order valence-electron chi connectivity index (χ0n) is 15.8. The third-order valence-corrected chi connectivity index (χ3v) is 4.43. The van der Waals surface area contributed by atoms with E-state index in [9.17, 15) is 24.0 Å². The number of carbonyl (C=O) groups is 5. The Balaban J connectivity index is 1.68. The number of hydrogen-bond acceptors (Lipinski definition) is 5. The second kappa shape index (κ2) is 8.47. The van der Waals surface area contributed by atoms with Gasteiger partial charge in [0.15, 0.2) is 5.78 Å². The molecule has 1 aliphatic rings. The van der Waals surface area contributed by atoms with Crippen molar-refractivity contribution in [2.75, 3.05) is 11.9 Å². The van der Waals surface area contributed by atoms with E-state index < -0.39 is 30.2 Å². The zero-order valence-corrected chi connectivity index (χ0v) is 15.8. The van der Waals surface area contributed by atoms with Crippen molar-refractivity contribution < 1.29 is 24.0 Å². The fourth-order valence-electron chi connectivity index (χ4n) is 2.82. The highest BCUT2D eigenvalue weighted by Crippen LogP contribution is 2.17. The van der Waals surface area contributed by atoms with Crippen molar-refractivity contribution in [1.82, 2.24) is 9.80 Å². The Hall–Kier alpha value is -3.81. The van der Waals surface area contributed by atoms with Crippen molar-refractivity contribution >= 4 is 35.2 Å². The number of urea groups is 1. The van der Waals surface area contributed by atoms with Crippen LogP contribution in [0, 0.1) is 0 Å². The average molecular weight is 393 g/mol. The largest absolute Gasteiger partial charge is 0.334 e. The van der Waals surface area contributed by atoms with Crippen LogP contribution in [0.1, 0.15) is 29.3 Å². The molecule has 0 atom stereocenters. The van der Waals surface area contributed by atoms with Crippen LogP contribution in [0.4, 0.5) is 10.5 Å². The minimum Gasteiger partial charge on any atom is -0.326 e. The first-order valence-corrected chi connectivity index (χ1v) is 9.05. The van der Waals surface area contributed by atoms with E-state index in [2.05, 4.69) is 5.32 Å². The molecule has 3 rings (SSSR count). The number of amides is 5. The highest BCUT2D eigenvalue weighted by molar-refractivity contribution is 6.45. The summed E-state index contributed by atoms with van der Waals surface area (Å²) < 4.78 is 0. The second-order valence-corrected chi connectivity index (χ2v) is 6.45. The van der Waals surface area contributed by atoms with E-state index in [0.717, 1.165) is 4.90 Å². The standard InChI is InChI=1S/C21H19N3O5/c1-2-18(26)22-16-10-8-15(9-11-16)17(25)13-24-20(28)19(27)23(21(24)29)12-14-6-4-3-5-7-14/h3-11H,2,12-13H2,1H3,(H,22,26). The molecule has 1 N–H and O–H groups in total. The summed E-state index contributed by atoms with van der Waals surface area (Å²) in [6.45, 7) is 1.15. The van der Waals surface area contributed by atoms with Gasteiger partial charge in [0.2, 0.25) is 5.91 Å². The predicted octanol–water partition coefficient (Wildman–Crippen LogP) is 2.21. The summed E-state index contributed by atoms with van der Waals surface area (Å²) in [5, 5.41) is 2.66. The number of hydrogen-bond donors (Lipinski definition) is 1. The highest BCUT2D eigenvalue weighted by Gasteiger charge is 2.45. The van der Waals surface area contributed by atoms with Crippen LogP contribution in [0.3, 0.4) is 0 Å². The number of nitrogens with zero attached hydrogens (tertiary/aromatic N) is 2. The molecule has 0 saturated carbocycles. The SMILES string of the molecule is CCC(=O)Nc1ccc(C(=O)CN2C(=O)C(=O)N(Cc3ccccc3)C2=O)cc1. The van der Waals surface area contributed by atoms with Crippen molar-refractivity contribution in [3.63, 3.8) is 0 Å². The minimum atomic E-state index is -1.02. The van der Waals surface area contributed by atoms with Crippen LogP contribution in [0.15, 0.2) is 54.6 Å². The van der Waals surface area contributed by atoms with Gasteiger partial charge in [-0.1, -0.05) is 37.3 Å². The first-order valence-electron chi connectivity index (χ1n) is 9.05. The van der Waals surface area contributed by atoms with Gasteiger partial charge in [-0.15, -0.1) is 0 Å². The number of rotatable bonds is 7. The number of benzene rings is 2. The van der Waals surface area contributed by atoms with Gasteiger partial charge in [0, 0.05) is 17.7 Å². The normalized spacial score (nSPS) is 13.8. The van der Waals surface area contributed by atoms with Crippen LogP contribution in [0.25, 0.3) is 0 Å². The number of imide groups is 2. The molecular formula is C21H19N3O5. The van der Waals surface area contributed by atoms with Crippen molar-refractivity contribution in [2.24, 2.45) is 0 Å². The van der Waals surface area contributed by atoms with Crippen LogP contribution in [-0.4, -0.2) is 45.9 Å². The molecule has 5 amide bonds. The molecule has 0 aliphatic carbocycles. The maximum Gasteiger partial charge on any atom is 0.334 e. The zero-order chi connectivity index (χ0) is 21.0. The maximum absolute atomic E-state index is 12.5. The Bertz CT molecular complexity index is 970. The quantitative estimate of drug-likeness (QED) is 0.441. The number of anilines is 1. The first kappa shape index (κ1) is 19.9. The molecular weight excluding hydrogens is 374 g/mol. The first-order chi connectivity index (χ1) is 13.9. The van der Waals surface area contributed by atoms with Crippen molar-refractivity contribution in [3.05, 3.63) is 65.7 Å². The lowest BCUT2D eigenvalue weighted by atomic mass is 10.1. The molecule has 0 aromatic heterocycles. The lowest BCUT2D eigenvalue weighted by Crippen LogP contribution is -2.36. The van der Waals surface area contributed by atoms with Gasteiger partial charge in [-0.3, -0.25) is 24.1 Å². The summed E-state index contributed by atoms with van der Waals surface area (Å²) in [6, 6.07) is 14.1. The van der Waals surface area contributed by atoms with Crippen molar-refractivity contribution in [2.45, 2.75) is 19.9 Å². The van der Waals surface area contributed by atoms with E-state index in [4.69, 9.17) is 0 Å². The topological polar surface area (TPSA) is 104 Å². The van der Waals surface area contributed by atoms with Gasteiger partial charge in [-0.05, 0) is 29.8 Å². The third kappa shape index (κ3) is 4.37. The van der Waals surface area contributed by atoms with E-state index >= 15 is 0 Å². The Kier molecular flexibility index (Phi) is 5.82. The smallest absolute Gasteiger partial charge is 0.326 e. The van der Waals surface area contributed by atoms with E-state index in [1.165, 1.54) is 12.1 Å². The molecule has 29 heavy (non-hydrogen) atoms. The Morgan fingerprint density at radius 3 is 2.10 bits per heavy atom. The van der Waals surface area contributed by atoms with Crippen LogP contribution in [-0.2, 0) is 20.9 Å². The number of nitrogens with one attached hydrogen (secondary N) is 1. The molecule has 0 radical (unpaired) electrons. The van der Waals surface area contributed by atoms with Gasteiger partial charge < -0.3 is 5.32 Å². The second-order valence-electron chi connectivity index (χ2n) is 6.45. The molecule has 0 spiro atoms. The summed E-state index contributed by atoms with van der Waals surface area (Å²) in [7, 11) is 0. The minimum absolute atomic E-state index is 0.0409. The number of carbonyl (C=O) groups excluding carboxylic acids is 5. The lowest BCUT2D eigenvalue weighted by Gasteiger charge is -2.15. The summed E-state index contributed by atoms with van der Waals surface area (Å²) in [6.07, 6.45) is 0.327. The van der Waals surface area contributed by atoms with Crippen molar-refractivity contribution in [1.29, 1.82) is 0 Å². The average Bonchev–Trinajstić information content (AvgIpc) is 2.93. The Morgan fingerprint density at radius 2 is 1.48 bits per heavy atom. The van der Waals surface area contributed by atoms with Gasteiger partial charge in [0.25, 0.3) is 0 Å². The summed E-state index contributed by atoms with van der Waals surface area (Å²) in [5.74, 6) is -2.63. The summed E-state index contributed by atoms with van der Waals surface area (Å²) >= 11 is 0. The molecule has 1 saturated heterocycles. The van der Waals surface area contributed by atoms with E-state index in [1.807, 2.05) is 0 Å². The van der Waals surface area contributed by atoms with Crippen LogP contribution in [0.2, 0.25) is 0 Å². The number of Topliss-reactive ketones (excluding diaryl/α,β-unsaturated/α-hetero) is 1. The van der Waals surface area contributed by atoms with E-state index in [1.54, 1.807) is 49.4 Å². The molecule has 8 nitrogen and oxygen atoms in total. The van der Waals surface area contributed by atoms with Crippen LogP contribution < -0.4 is 5.32 Å². The molecule has 2 aromatic carbocycles. The van der Waals surface area contributed by atoms with Gasteiger partial charge in [0.05, 0.1) is 13.1 Å². The Labute approximate surface area is 167 Å². The monoisotopic (exact) mass is 393 g/mol. The van der Waals surface area contributed by atoms with Crippen LogP contribution >= 0.6 is 0 Å². The fraction of sp³-hybridized carbons (Fsp3) is 0.190. The molecule has 1 aliphatic heterocycles. The van der Waals surface area contributed by atoms with Crippen molar-refractivity contribution in [3.8, 4) is 0 Å². The number of ketones is 1. The molecule has 0 unspecified atom stereocenters. The summed E-state index contributed by atoms with van der Waals surface area (Å²) in [4.78, 5) is 62.3. The van der Waals surface area contributed by atoms with E-state index in [0.29, 0.717) is 22.6 Å². The molecule has 1 fully saturated rings. The van der Waals surface area contributed by atoms with Gasteiger partial charge in [-0.2, -0.15) is 0 Å². The van der Waals surface area contributed by atoms with E-state index in [-0.39, 0.29) is 18.0 Å². The molecule has 1 heterocycles. The molecule has 0 bridgehead atoms. The predicted molar refractivity (Wildman–Crippen MR) is 104 cm³/mol. The highest BCUT2D eigenvalue weighted by atomic mass is 16.2. The van der Waals surface area contributed by atoms with Gasteiger partial charge >= 0.3 is 17.8 Å². The summed E-state index contributed by atoms with van der Waals surface area (Å²) in [5.41, 5.74) is 1.49. The Morgan fingerprint density at radius 1 is 0.862 bits per heavy atom. The van der Waals surface area contributed by atoms with Crippen LogP contribution in [0.5, 0.6) is 0 Å². The third-order valence-electron chi connectivity index (χ3n) is 4.43. The lowest BCUT2D eigenvalue weighted by molar-refractivity contribution is -0.143. The maximum atomic E-state index is 12.5.